The third-order valence-corrected chi connectivity index (χ3v) is 3.30. The van der Waals surface area contributed by atoms with Crippen LogP contribution in [0.1, 0.15) is 24.2 Å². The quantitative estimate of drug-likeness (QED) is 0.855. The van der Waals surface area contributed by atoms with Crippen LogP contribution in [-0.2, 0) is 0 Å². The average molecular weight is 263 g/mol. The second-order valence-corrected chi connectivity index (χ2v) is 5.71. The van der Waals surface area contributed by atoms with Crippen molar-refractivity contribution < 1.29 is 14.4 Å². The summed E-state index contributed by atoms with van der Waals surface area (Å²) in [6, 6.07) is 7.59. The molecule has 94 valence electrons. The number of hydrogen-bond acceptors (Lipinski definition) is 4. The highest BCUT2D eigenvalue weighted by Crippen LogP contribution is 2.28. The molecule has 0 atom stereocenters. The van der Waals surface area contributed by atoms with Gasteiger partial charge in [0.25, 0.3) is 0 Å². The van der Waals surface area contributed by atoms with Gasteiger partial charge < -0.3 is 9.63 Å². The predicted octanol–water partition coefficient (Wildman–Crippen LogP) is 3.54. The summed E-state index contributed by atoms with van der Waals surface area (Å²) in [5.74, 6) is -0.740. The number of carboxylic acid groups (broad SMARTS) is 1. The lowest BCUT2D eigenvalue weighted by atomic mass is 10.1. The maximum atomic E-state index is 11.0. The molecule has 0 bridgehead atoms. The van der Waals surface area contributed by atoms with E-state index >= 15 is 0 Å². The first-order valence-corrected chi connectivity index (χ1v) is 6.41. The van der Waals surface area contributed by atoms with E-state index in [0.29, 0.717) is 11.0 Å². The number of aromatic carboxylic acids is 1. The molecule has 0 aliphatic carbocycles. The average Bonchev–Trinajstić information content (AvgIpc) is 2.78. The van der Waals surface area contributed by atoms with E-state index in [1.54, 1.807) is 11.8 Å². The molecule has 0 fully saturated rings. The zero-order chi connectivity index (χ0) is 13.1. The summed E-state index contributed by atoms with van der Waals surface area (Å²) in [5.41, 5.74) is 0.803. The van der Waals surface area contributed by atoms with E-state index in [2.05, 4.69) is 19.0 Å². The van der Waals surface area contributed by atoms with E-state index in [1.165, 1.54) is 6.20 Å². The second-order valence-electron chi connectivity index (χ2n) is 4.06. The number of hydrogen-bond donors (Lipinski definition) is 1. The molecule has 0 spiro atoms. The zero-order valence-electron chi connectivity index (χ0n) is 10.1. The molecule has 2 rings (SSSR count). The van der Waals surface area contributed by atoms with Gasteiger partial charge in [-0.25, -0.2) is 4.79 Å². The van der Waals surface area contributed by atoms with Crippen molar-refractivity contribution in [3.8, 4) is 11.3 Å². The minimum atomic E-state index is -1.04. The van der Waals surface area contributed by atoms with E-state index in [0.717, 1.165) is 10.5 Å². The van der Waals surface area contributed by atoms with Crippen LogP contribution in [0.15, 0.2) is 39.9 Å². The zero-order valence-corrected chi connectivity index (χ0v) is 10.9. The summed E-state index contributed by atoms with van der Waals surface area (Å²) in [6.45, 7) is 4.25. The van der Waals surface area contributed by atoms with Crippen molar-refractivity contribution in [1.29, 1.82) is 0 Å². The smallest absolute Gasteiger partial charge is 0.341 e. The standard InChI is InChI=1S/C13H13NO3S/c1-8(2)18-10-5-3-9(4-6-10)12-11(13(15)16)7-14-17-12/h3-8H,1-2H3,(H,15,16). The van der Waals surface area contributed by atoms with Gasteiger partial charge in [-0.1, -0.05) is 19.0 Å². The Kier molecular flexibility index (Phi) is 3.72. The topological polar surface area (TPSA) is 63.3 Å². The number of carbonyl (C=O) groups is 1. The van der Waals surface area contributed by atoms with E-state index in [1.807, 2.05) is 24.3 Å². The van der Waals surface area contributed by atoms with Crippen LogP contribution < -0.4 is 0 Å². The number of carboxylic acids is 1. The van der Waals surface area contributed by atoms with Crippen molar-refractivity contribution >= 4 is 17.7 Å². The third-order valence-electron chi connectivity index (χ3n) is 2.29. The van der Waals surface area contributed by atoms with Gasteiger partial charge in [0.2, 0.25) is 0 Å². The first-order valence-electron chi connectivity index (χ1n) is 5.53. The molecule has 18 heavy (non-hydrogen) atoms. The summed E-state index contributed by atoms with van der Waals surface area (Å²) < 4.78 is 5.00. The lowest BCUT2D eigenvalue weighted by Gasteiger charge is -2.05. The molecular formula is C13H13NO3S. The van der Waals surface area contributed by atoms with E-state index in [9.17, 15) is 4.79 Å². The Labute approximate surface area is 109 Å². The Morgan fingerprint density at radius 3 is 2.56 bits per heavy atom. The van der Waals surface area contributed by atoms with Crippen molar-refractivity contribution in [3.63, 3.8) is 0 Å². The normalized spacial score (nSPS) is 10.8. The molecule has 2 aromatic rings. The summed E-state index contributed by atoms with van der Waals surface area (Å²) in [5, 5.41) is 13.0. The second kappa shape index (κ2) is 5.27. The minimum Gasteiger partial charge on any atom is -0.477 e. The number of aromatic nitrogens is 1. The van der Waals surface area contributed by atoms with Gasteiger partial charge in [-0.3, -0.25) is 0 Å². The molecule has 0 saturated carbocycles. The minimum absolute atomic E-state index is 0.0827. The number of rotatable bonds is 4. The molecule has 0 saturated heterocycles. The van der Waals surface area contributed by atoms with Crippen molar-refractivity contribution in [1.82, 2.24) is 5.16 Å². The van der Waals surface area contributed by atoms with Crippen LogP contribution in [0.5, 0.6) is 0 Å². The Morgan fingerprint density at radius 1 is 1.33 bits per heavy atom. The molecule has 0 radical (unpaired) electrons. The van der Waals surface area contributed by atoms with Crippen molar-refractivity contribution in [2.45, 2.75) is 24.0 Å². The maximum Gasteiger partial charge on any atom is 0.341 e. The summed E-state index contributed by atoms with van der Waals surface area (Å²) in [4.78, 5) is 12.1. The highest BCUT2D eigenvalue weighted by molar-refractivity contribution is 7.99. The molecule has 4 nitrogen and oxygen atoms in total. The van der Waals surface area contributed by atoms with Crippen LogP contribution in [-0.4, -0.2) is 21.5 Å². The Morgan fingerprint density at radius 2 is 2.00 bits per heavy atom. The molecule has 1 aromatic carbocycles. The Bertz CT molecular complexity index is 546. The number of nitrogens with zero attached hydrogens (tertiary/aromatic N) is 1. The Hall–Kier alpha value is -1.75. The number of benzene rings is 1. The summed E-state index contributed by atoms with van der Waals surface area (Å²) in [6.07, 6.45) is 1.22. The monoisotopic (exact) mass is 263 g/mol. The molecular weight excluding hydrogens is 250 g/mol. The van der Waals surface area contributed by atoms with E-state index in [4.69, 9.17) is 9.63 Å². The fourth-order valence-electron chi connectivity index (χ4n) is 1.56. The lowest BCUT2D eigenvalue weighted by molar-refractivity contribution is 0.0697. The van der Waals surface area contributed by atoms with Crippen LogP contribution >= 0.6 is 11.8 Å². The van der Waals surface area contributed by atoms with Gasteiger partial charge in [-0.05, 0) is 24.3 Å². The molecule has 1 heterocycles. The summed E-state index contributed by atoms with van der Waals surface area (Å²) >= 11 is 1.75. The fraction of sp³-hybridized carbons (Fsp3) is 0.231. The van der Waals surface area contributed by atoms with Crippen molar-refractivity contribution in [2.75, 3.05) is 0 Å². The largest absolute Gasteiger partial charge is 0.477 e. The number of thioether (sulfide) groups is 1. The first kappa shape index (κ1) is 12.7. The van der Waals surface area contributed by atoms with Crippen LogP contribution in [0.25, 0.3) is 11.3 Å². The third kappa shape index (κ3) is 2.73. The maximum absolute atomic E-state index is 11.0. The van der Waals surface area contributed by atoms with Gasteiger partial charge in [0.1, 0.15) is 5.56 Å². The molecule has 5 heteroatoms. The molecule has 1 aromatic heterocycles. The Balaban J connectivity index is 2.29. The van der Waals surface area contributed by atoms with Crippen LogP contribution in [0.2, 0.25) is 0 Å². The van der Waals surface area contributed by atoms with Gasteiger partial charge in [-0.15, -0.1) is 11.8 Å². The van der Waals surface area contributed by atoms with Gasteiger partial charge in [0.05, 0.1) is 6.20 Å². The first-order chi connectivity index (χ1) is 8.58. The van der Waals surface area contributed by atoms with Crippen molar-refractivity contribution in [2.24, 2.45) is 0 Å². The van der Waals surface area contributed by atoms with Gasteiger partial charge >= 0.3 is 5.97 Å². The highest BCUT2D eigenvalue weighted by atomic mass is 32.2. The van der Waals surface area contributed by atoms with Gasteiger partial charge in [0, 0.05) is 15.7 Å². The molecule has 1 N–H and O–H groups in total. The SMILES string of the molecule is CC(C)Sc1ccc(-c2oncc2C(=O)O)cc1. The van der Waals surface area contributed by atoms with Crippen molar-refractivity contribution in [3.05, 3.63) is 36.0 Å². The molecule has 0 aliphatic rings. The highest BCUT2D eigenvalue weighted by Gasteiger charge is 2.16. The molecule has 0 unspecified atom stereocenters. The molecule has 0 amide bonds. The van der Waals surface area contributed by atoms with Gasteiger partial charge in [0.15, 0.2) is 5.76 Å². The fourth-order valence-corrected chi connectivity index (χ4v) is 2.39. The van der Waals surface area contributed by atoms with Crippen LogP contribution in [0.4, 0.5) is 0 Å². The van der Waals surface area contributed by atoms with Crippen LogP contribution in [0, 0.1) is 0 Å². The summed E-state index contributed by atoms with van der Waals surface area (Å²) in [7, 11) is 0. The van der Waals surface area contributed by atoms with Gasteiger partial charge in [-0.2, -0.15) is 0 Å². The molecule has 0 aliphatic heterocycles. The van der Waals surface area contributed by atoms with Crippen LogP contribution in [0.3, 0.4) is 0 Å². The van der Waals surface area contributed by atoms with E-state index < -0.39 is 5.97 Å². The van der Waals surface area contributed by atoms with E-state index in [-0.39, 0.29) is 5.56 Å². The predicted molar refractivity (Wildman–Crippen MR) is 69.9 cm³/mol. The lowest BCUT2D eigenvalue weighted by Crippen LogP contribution is -1.95.